The first-order chi connectivity index (χ1) is 3.31. The zero-order valence-electron chi connectivity index (χ0n) is 4.57. The minimum Gasteiger partial charge on any atom is -0.350 e. The summed E-state index contributed by atoms with van der Waals surface area (Å²) in [5.74, 6) is 0. The first-order valence-corrected chi connectivity index (χ1v) is 2.12. The van der Waals surface area contributed by atoms with Gasteiger partial charge in [0.2, 0.25) is 6.36 Å². The van der Waals surface area contributed by atoms with E-state index in [1.54, 1.807) is 7.05 Å². The highest BCUT2D eigenvalue weighted by atomic mass is 19.1. The number of halogens is 1. The monoisotopic (exact) mass is 107 g/mol. The molecule has 7 heavy (non-hydrogen) atoms. The molecule has 0 heterocycles. The zero-order valence-corrected chi connectivity index (χ0v) is 4.57. The minimum absolute atomic E-state index is 0.260. The Morgan fingerprint density at radius 2 is 2.43 bits per heavy atom. The molecule has 0 aliphatic rings. The Morgan fingerprint density at radius 3 is 2.57 bits per heavy atom. The van der Waals surface area contributed by atoms with E-state index in [0.717, 1.165) is 0 Å². The van der Waals surface area contributed by atoms with Gasteiger partial charge in [0.05, 0.1) is 6.54 Å². The zero-order chi connectivity index (χ0) is 5.70. The van der Waals surface area contributed by atoms with Crippen LogP contribution in [-0.2, 0) is 4.74 Å². The van der Waals surface area contributed by atoms with Gasteiger partial charge in [0, 0.05) is 7.11 Å². The van der Waals surface area contributed by atoms with Crippen molar-refractivity contribution < 1.29 is 9.13 Å². The van der Waals surface area contributed by atoms with E-state index in [0.29, 0.717) is 0 Å². The molecule has 0 fully saturated rings. The molecule has 0 aromatic carbocycles. The molecule has 0 aromatic rings. The Morgan fingerprint density at radius 1 is 1.86 bits per heavy atom. The maximum Gasteiger partial charge on any atom is 0.211 e. The molecule has 0 radical (unpaired) electrons. The molecular weight excluding hydrogens is 97.0 g/mol. The van der Waals surface area contributed by atoms with Crippen molar-refractivity contribution in [3.8, 4) is 0 Å². The number of ether oxygens (including phenoxy) is 1. The normalized spacial score (nSPS) is 14.1. The Hall–Kier alpha value is -0.150. The lowest BCUT2D eigenvalue weighted by molar-refractivity contribution is -0.00175. The number of rotatable bonds is 3. The highest BCUT2D eigenvalue weighted by Crippen LogP contribution is 1.84. The number of hydrogen-bond donors (Lipinski definition) is 1. The SMILES string of the molecule is CNCC(F)OC. The van der Waals surface area contributed by atoms with Crippen LogP contribution in [0.15, 0.2) is 0 Å². The Bertz CT molecular complexity index is 42.7. The van der Waals surface area contributed by atoms with Gasteiger partial charge in [-0.15, -0.1) is 0 Å². The molecule has 1 atom stereocenters. The van der Waals surface area contributed by atoms with E-state index in [1.807, 2.05) is 0 Å². The van der Waals surface area contributed by atoms with Crippen LogP contribution in [0, 0.1) is 0 Å². The summed E-state index contributed by atoms with van der Waals surface area (Å²) in [5.41, 5.74) is 0. The number of alkyl halides is 1. The smallest absolute Gasteiger partial charge is 0.211 e. The third-order valence-corrected chi connectivity index (χ3v) is 0.620. The van der Waals surface area contributed by atoms with Crippen LogP contribution in [0.2, 0.25) is 0 Å². The lowest BCUT2D eigenvalue weighted by atomic mass is 10.7. The predicted molar refractivity (Wildman–Crippen MR) is 25.8 cm³/mol. The summed E-state index contributed by atoms with van der Waals surface area (Å²) in [7, 11) is 3.01. The Kier molecular flexibility index (Phi) is 3.93. The second-order valence-corrected chi connectivity index (χ2v) is 1.20. The van der Waals surface area contributed by atoms with Crippen molar-refractivity contribution in [3.63, 3.8) is 0 Å². The third-order valence-electron chi connectivity index (χ3n) is 0.620. The fraction of sp³-hybridized carbons (Fsp3) is 1.00. The standard InChI is InChI=1S/C4H10FNO/c1-6-3-4(5)7-2/h4,6H,3H2,1-2H3. The van der Waals surface area contributed by atoms with Gasteiger partial charge in [-0.3, -0.25) is 0 Å². The first-order valence-electron chi connectivity index (χ1n) is 2.12. The maximum atomic E-state index is 11.8. The molecule has 3 heteroatoms. The van der Waals surface area contributed by atoms with Crippen molar-refractivity contribution in [2.45, 2.75) is 6.36 Å². The summed E-state index contributed by atoms with van der Waals surface area (Å²) >= 11 is 0. The number of nitrogens with one attached hydrogen (secondary N) is 1. The molecule has 0 aromatic heterocycles. The summed E-state index contributed by atoms with van der Waals surface area (Å²) in [6.07, 6.45) is -1.16. The second-order valence-electron chi connectivity index (χ2n) is 1.20. The van der Waals surface area contributed by atoms with Gasteiger partial charge in [-0.2, -0.15) is 0 Å². The molecule has 0 amide bonds. The van der Waals surface area contributed by atoms with Gasteiger partial charge in [0.1, 0.15) is 0 Å². The molecule has 0 saturated carbocycles. The van der Waals surface area contributed by atoms with Crippen molar-refractivity contribution in [1.82, 2.24) is 5.32 Å². The molecule has 0 aliphatic carbocycles. The van der Waals surface area contributed by atoms with Gasteiger partial charge in [-0.05, 0) is 7.05 Å². The van der Waals surface area contributed by atoms with Crippen molar-refractivity contribution >= 4 is 0 Å². The topological polar surface area (TPSA) is 21.3 Å². The maximum absolute atomic E-state index is 11.8. The van der Waals surface area contributed by atoms with Gasteiger partial charge in [-0.25, -0.2) is 4.39 Å². The fourth-order valence-corrected chi connectivity index (χ4v) is 0.244. The highest BCUT2D eigenvalue weighted by Gasteiger charge is 1.97. The molecular formula is C4H10FNO. The van der Waals surface area contributed by atoms with Gasteiger partial charge in [0.15, 0.2) is 0 Å². The Balaban J connectivity index is 2.83. The van der Waals surface area contributed by atoms with Gasteiger partial charge >= 0.3 is 0 Å². The molecule has 0 bridgehead atoms. The molecule has 0 aliphatic heterocycles. The van der Waals surface area contributed by atoms with Crippen molar-refractivity contribution in [1.29, 1.82) is 0 Å². The molecule has 1 unspecified atom stereocenters. The van der Waals surface area contributed by atoms with Crippen molar-refractivity contribution in [3.05, 3.63) is 0 Å². The number of hydrogen-bond acceptors (Lipinski definition) is 2. The fourth-order valence-electron chi connectivity index (χ4n) is 0.244. The molecule has 1 N–H and O–H groups in total. The van der Waals surface area contributed by atoms with E-state index in [-0.39, 0.29) is 6.54 Å². The van der Waals surface area contributed by atoms with Crippen LogP contribution in [0.4, 0.5) is 4.39 Å². The van der Waals surface area contributed by atoms with E-state index < -0.39 is 6.36 Å². The van der Waals surface area contributed by atoms with Crippen LogP contribution in [-0.4, -0.2) is 27.1 Å². The van der Waals surface area contributed by atoms with E-state index in [9.17, 15) is 4.39 Å². The van der Waals surface area contributed by atoms with Crippen molar-refractivity contribution in [2.24, 2.45) is 0 Å². The molecule has 0 rings (SSSR count). The largest absolute Gasteiger partial charge is 0.350 e. The third kappa shape index (κ3) is 3.69. The molecule has 44 valence electrons. The summed E-state index contributed by atoms with van der Waals surface area (Å²) in [6, 6.07) is 0. The minimum atomic E-state index is -1.16. The lowest BCUT2D eigenvalue weighted by Gasteiger charge is -2.01. The molecule has 0 spiro atoms. The average Bonchev–Trinajstić information content (AvgIpc) is 1.68. The van der Waals surface area contributed by atoms with E-state index in [1.165, 1.54) is 7.11 Å². The van der Waals surface area contributed by atoms with E-state index in [4.69, 9.17) is 0 Å². The molecule has 2 nitrogen and oxygen atoms in total. The van der Waals surface area contributed by atoms with Gasteiger partial charge in [-0.1, -0.05) is 0 Å². The molecule has 0 saturated heterocycles. The average molecular weight is 107 g/mol. The van der Waals surface area contributed by atoms with Crippen LogP contribution >= 0.6 is 0 Å². The van der Waals surface area contributed by atoms with Crippen LogP contribution < -0.4 is 5.32 Å². The first kappa shape index (κ1) is 6.85. The predicted octanol–water partition coefficient (Wildman–Crippen LogP) is 0.148. The van der Waals surface area contributed by atoms with Gasteiger partial charge < -0.3 is 10.1 Å². The van der Waals surface area contributed by atoms with Gasteiger partial charge in [0.25, 0.3) is 0 Å². The summed E-state index contributed by atoms with van der Waals surface area (Å²) in [4.78, 5) is 0. The van der Waals surface area contributed by atoms with Crippen LogP contribution in [0.3, 0.4) is 0 Å². The Labute approximate surface area is 42.7 Å². The van der Waals surface area contributed by atoms with Crippen molar-refractivity contribution in [2.75, 3.05) is 20.7 Å². The van der Waals surface area contributed by atoms with E-state index in [2.05, 4.69) is 10.1 Å². The van der Waals surface area contributed by atoms with Crippen LogP contribution in [0.1, 0.15) is 0 Å². The highest BCUT2D eigenvalue weighted by molar-refractivity contribution is 4.39. The summed E-state index contributed by atoms with van der Waals surface area (Å²) < 4.78 is 16.1. The van der Waals surface area contributed by atoms with Crippen LogP contribution in [0.25, 0.3) is 0 Å². The number of methoxy groups -OCH3 is 1. The van der Waals surface area contributed by atoms with Crippen LogP contribution in [0.5, 0.6) is 0 Å². The summed E-state index contributed by atoms with van der Waals surface area (Å²) in [6.45, 7) is 0.260. The van der Waals surface area contributed by atoms with E-state index >= 15 is 0 Å². The number of likely N-dealkylation sites (N-methyl/N-ethyl adjacent to an activating group) is 1. The second kappa shape index (κ2) is 4.02. The summed E-state index contributed by atoms with van der Waals surface area (Å²) in [5, 5.41) is 2.62. The quantitative estimate of drug-likeness (QED) is 0.554. The lowest BCUT2D eigenvalue weighted by Crippen LogP contribution is -2.20.